The van der Waals surface area contributed by atoms with E-state index < -0.39 is 51.3 Å². The van der Waals surface area contributed by atoms with E-state index in [1.807, 2.05) is 20.8 Å². The molecule has 9 nitrogen and oxygen atoms in total. The van der Waals surface area contributed by atoms with Crippen LogP contribution < -0.4 is 14.8 Å². The van der Waals surface area contributed by atoms with Crippen LogP contribution in [0.1, 0.15) is 72.4 Å². The SMILES string of the molecule is CCS(=O)(=O)c1ccc([C@@H](CO)NC(=O)c2nc(C(C)(C)C)n(Cc3ccc(OC)c(OC)c3C(F)(F)F)c2C)cc1. The molecular weight excluding hydrogens is 575 g/mol. The number of hydrogen-bond acceptors (Lipinski definition) is 7. The number of methoxy groups -OCH3 is 2. The first kappa shape index (κ1) is 32.9. The maximum Gasteiger partial charge on any atom is 0.420 e. The summed E-state index contributed by atoms with van der Waals surface area (Å²) >= 11 is 0. The third-order valence-corrected chi connectivity index (χ3v) is 8.61. The summed E-state index contributed by atoms with van der Waals surface area (Å²) in [7, 11) is -1.04. The van der Waals surface area contributed by atoms with Crippen LogP contribution in [0, 0.1) is 6.92 Å². The Bertz CT molecular complexity index is 1540. The molecule has 0 aliphatic rings. The topological polar surface area (TPSA) is 120 Å². The summed E-state index contributed by atoms with van der Waals surface area (Å²) in [5, 5.41) is 12.7. The Labute approximate surface area is 243 Å². The number of nitrogens with one attached hydrogen (secondary N) is 1. The van der Waals surface area contributed by atoms with Crippen LogP contribution in [0.25, 0.3) is 0 Å². The van der Waals surface area contributed by atoms with Gasteiger partial charge in [-0.05, 0) is 36.2 Å². The Balaban J connectivity index is 2.04. The summed E-state index contributed by atoms with van der Waals surface area (Å²) in [6, 6.07) is 7.63. The fourth-order valence-corrected chi connectivity index (χ4v) is 5.51. The average Bonchev–Trinajstić information content (AvgIpc) is 3.26. The van der Waals surface area contributed by atoms with Crippen LogP contribution >= 0.6 is 0 Å². The summed E-state index contributed by atoms with van der Waals surface area (Å²) in [6.07, 6.45) is -4.76. The number of nitrogens with zero attached hydrogens (tertiary/aromatic N) is 2. The van der Waals surface area contributed by atoms with Gasteiger partial charge in [0.15, 0.2) is 21.3 Å². The number of rotatable bonds is 10. The van der Waals surface area contributed by atoms with E-state index in [2.05, 4.69) is 10.3 Å². The number of carbonyl (C=O) groups excluding carboxylic acids is 1. The quantitative estimate of drug-likeness (QED) is 0.337. The van der Waals surface area contributed by atoms with Crippen molar-refractivity contribution in [3.63, 3.8) is 0 Å². The molecule has 0 spiro atoms. The van der Waals surface area contributed by atoms with Crippen LogP contribution in [-0.4, -0.2) is 55.6 Å². The van der Waals surface area contributed by atoms with Gasteiger partial charge in [0.05, 0.1) is 37.5 Å². The van der Waals surface area contributed by atoms with E-state index in [1.165, 1.54) is 50.4 Å². The number of hydrogen-bond donors (Lipinski definition) is 2. The second-order valence-corrected chi connectivity index (χ2v) is 13.0. The highest BCUT2D eigenvalue weighted by molar-refractivity contribution is 7.91. The Morgan fingerprint density at radius 1 is 1.07 bits per heavy atom. The lowest BCUT2D eigenvalue weighted by molar-refractivity contribution is -0.139. The number of imidazole rings is 1. The van der Waals surface area contributed by atoms with Gasteiger partial charge in [0, 0.05) is 17.7 Å². The zero-order valence-electron chi connectivity index (χ0n) is 24.6. The summed E-state index contributed by atoms with van der Waals surface area (Å²) in [4.78, 5) is 18.1. The molecule has 1 aromatic heterocycles. The summed E-state index contributed by atoms with van der Waals surface area (Å²) in [5.41, 5.74) is -0.978. The third-order valence-electron chi connectivity index (χ3n) is 6.86. The van der Waals surface area contributed by atoms with Gasteiger partial charge in [0.1, 0.15) is 17.1 Å². The predicted octanol–water partition coefficient (Wildman–Crippen LogP) is 4.83. The van der Waals surface area contributed by atoms with Crippen molar-refractivity contribution in [3.8, 4) is 11.5 Å². The molecule has 0 saturated heterocycles. The van der Waals surface area contributed by atoms with Crippen LogP contribution in [0.3, 0.4) is 0 Å². The first-order valence-electron chi connectivity index (χ1n) is 13.1. The van der Waals surface area contributed by atoms with Gasteiger partial charge in [0.25, 0.3) is 5.91 Å². The van der Waals surface area contributed by atoms with Gasteiger partial charge in [-0.2, -0.15) is 13.2 Å². The minimum atomic E-state index is -4.76. The Morgan fingerprint density at radius 2 is 1.69 bits per heavy atom. The monoisotopic (exact) mass is 611 g/mol. The molecule has 2 aromatic carbocycles. The average molecular weight is 612 g/mol. The molecule has 42 heavy (non-hydrogen) atoms. The van der Waals surface area contributed by atoms with Gasteiger partial charge >= 0.3 is 6.18 Å². The van der Waals surface area contributed by atoms with E-state index in [9.17, 15) is 31.5 Å². The van der Waals surface area contributed by atoms with Crippen LogP contribution in [0.5, 0.6) is 11.5 Å². The highest BCUT2D eigenvalue weighted by Crippen LogP contribution is 2.44. The molecule has 3 rings (SSSR count). The molecule has 2 N–H and O–H groups in total. The number of ether oxygens (including phenoxy) is 2. The van der Waals surface area contributed by atoms with Crippen LogP contribution in [0.4, 0.5) is 13.2 Å². The van der Waals surface area contributed by atoms with Crippen molar-refractivity contribution in [2.45, 2.75) is 63.7 Å². The molecule has 13 heteroatoms. The zero-order valence-corrected chi connectivity index (χ0v) is 25.4. The first-order chi connectivity index (χ1) is 19.5. The Kier molecular flexibility index (Phi) is 9.68. The van der Waals surface area contributed by atoms with Gasteiger partial charge in [-0.15, -0.1) is 0 Å². The number of halogens is 3. The van der Waals surface area contributed by atoms with E-state index in [-0.39, 0.29) is 34.2 Å². The van der Waals surface area contributed by atoms with Crippen molar-refractivity contribution in [2.75, 3.05) is 26.6 Å². The number of carbonyl (C=O) groups is 1. The number of sulfone groups is 1. The van der Waals surface area contributed by atoms with Crippen LogP contribution in [0.2, 0.25) is 0 Å². The fourth-order valence-electron chi connectivity index (χ4n) is 4.63. The number of amides is 1. The lowest BCUT2D eigenvalue weighted by Gasteiger charge is -2.23. The number of alkyl halides is 3. The maximum atomic E-state index is 14.3. The zero-order chi connectivity index (χ0) is 31.6. The van der Waals surface area contributed by atoms with Crippen molar-refractivity contribution in [2.24, 2.45) is 0 Å². The van der Waals surface area contributed by atoms with Gasteiger partial charge in [-0.3, -0.25) is 4.79 Å². The van der Waals surface area contributed by atoms with Crippen LogP contribution in [0.15, 0.2) is 41.3 Å². The van der Waals surface area contributed by atoms with E-state index >= 15 is 0 Å². The second-order valence-electron chi connectivity index (χ2n) is 10.7. The predicted molar refractivity (Wildman–Crippen MR) is 151 cm³/mol. The molecule has 0 radical (unpaired) electrons. The highest BCUT2D eigenvalue weighted by atomic mass is 32.2. The molecule has 230 valence electrons. The van der Waals surface area contributed by atoms with Crippen molar-refractivity contribution in [1.82, 2.24) is 14.9 Å². The minimum Gasteiger partial charge on any atom is -0.493 e. The molecule has 1 amide bonds. The van der Waals surface area contributed by atoms with E-state index in [0.717, 1.165) is 7.11 Å². The Hall–Kier alpha value is -3.58. The molecule has 0 saturated carbocycles. The third kappa shape index (κ3) is 6.73. The first-order valence-corrected chi connectivity index (χ1v) is 14.8. The molecule has 0 fully saturated rings. The molecule has 1 heterocycles. The normalized spacial score (nSPS) is 13.1. The number of aromatic nitrogens is 2. The number of benzene rings is 2. The largest absolute Gasteiger partial charge is 0.493 e. The lowest BCUT2D eigenvalue weighted by Crippen LogP contribution is -2.31. The molecule has 0 bridgehead atoms. The van der Waals surface area contributed by atoms with E-state index in [1.54, 1.807) is 11.5 Å². The number of aliphatic hydroxyl groups excluding tert-OH is 1. The summed E-state index contributed by atoms with van der Waals surface area (Å²) in [6.45, 7) is 7.85. The van der Waals surface area contributed by atoms with E-state index in [0.29, 0.717) is 17.1 Å². The molecule has 0 aliphatic carbocycles. The number of aliphatic hydroxyl groups is 1. The molecular formula is C29H36F3N3O6S. The van der Waals surface area contributed by atoms with Gasteiger partial charge in [-0.1, -0.05) is 45.9 Å². The van der Waals surface area contributed by atoms with Gasteiger partial charge < -0.3 is 24.5 Å². The fraction of sp³-hybridized carbons (Fsp3) is 0.448. The van der Waals surface area contributed by atoms with Crippen LogP contribution in [-0.2, 0) is 28.0 Å². The summed E-state index contributed by atoms with van der Waals surface area (Å²) in [5.74, 6) is -0.855. The maximum absolute atomic E-state index is 14.3. The Morgan fingerprint density at radius 3 is 2.17 bits per heavy atom. The van der Waals surface area contributed by atoms with Gasteiger partial charge in [0.2, 0.25) is 0 Å². The van der Waals surface area contributed by atoms with Crippen molar-refractivity contribution in [3.05, 3.63) is 70.3 Å². The smallest absolute Gasteiger partial charge is 0.420 e. The lowest BCUT2D eigenvalue weighted by atomic mass is 9.95. The molecule has 0 aliphatic heterocycles. The molecule has 3 aromatic rings. The van der Waals surface area contributed by atoms with Crippen molar-refractivity contribution in [1.29, 1.82) is 0 Å². The molecule has 0 unspecified atom stereocenters. The standard InChI is InChI=1S/C29H36F3N3O6S/c1-8-42(38,39)20-12-9-18(10-13-20)21(16-36)33-26(37)24-17(2)35(27(34-24)28(3,4)5)15-19-11-14-22(40-6)25(41-7)23(19)29(30,31)32/h9-14,21,36H,8,15-16H2,1-7H3,(H,33,37)/t21-/m1/s1. The molecule has 1 atom stereocenters. The van der Waals surface area contributed by atoms with Crippen molar-refractivity contribution < 1.29 is 41.0 Å². The summed E-state index contributed by atoms with van der Waals surface area (Å²) < 4.78 is 78.8. The van der Waals surface area contributed by atoms with Gasteiger partial charge in [-0.25, -0.2) is 13.4 Å². The van der Waals surface area contributed by atoms with Crippen molar-refractivity contribution >= 4 is 15.7 Å². The minimum absolute atomic E-state index is 0.0161. The second kappa shape index (κ2) is 12.3. The van der Waals surface area contributed by atoms with E-state index in [4.69, 9.17) is 9.47 Å². The highest BCUT2D eigenvalue weighted by Gasteiger charge is 2.39.